The minimum atomic E-state index is -0.309. The van der Waals surface area contributed by atoms with Gasteiger partial charge >= 0.3 is 0 Å². The molecule has 0 aliphatic carbocycles. The van der Waals surface area contributed by atoms with Crippen LogP contribution in [0.1, 0.15) is 11.1 Å². The molecule has 0 unspecified atom stereocenters. The Balaban J connectivity index is 1.25. The quantitative estimate of drug-likeness (QED) is 0.154. The molecule has 0 atom stereocenters. The van der Waals surface area contributed by atoms with Gasteiger partial charge in [-0.25, -0.2) is 4.98 Å². The molecule has 6 rings (SSSR count). The molecule has 9 heteroatoms. The van der Waals surface area contributed by atoms with E-state index in [9.17, 15) is 9.59 Å². The first-order valence-electron chi connectivity index (χ1n) is 12.8. The van der Waals surface area contributed by atoms with Gasteiger partial charge in [-0.3, -0.25) is 9.59 Å². The lowest BCUT2D eigenvalue weighted by Gasteiger charge is -2.10. The molecule has 8 nitrogen and oxygen atoms in total. The maximum absolute atomic E-state index is 13.5. The van der Waals surface area contributed by atoms with Crippen molar-refractivity contribution in [1.82, 2.24) is 9.66 Å². The number of ether oxygens (including phenoxy) is 1. The Hall–Kier alpha value is -4.77. The van der Waals surface area contributed by atoms with Crippen LogP contribution in [0.3, 0.4) is 0 Å². The minimum Gasteiger partial charge on any atom is -0.483 e. The Morgan fingerprint density at radius 1 is 1.02 bits per heavy atom. The van der Waals surface area contributed by atoms with Crippen molar-refractivity contribution < 1.29 is 13.9 Å². The number of furan rings is 1. The van der Waals surface area contributed by atoms with Crippen LogP contribution in [0.5, 0.6) is 5.75 Å². The van der Waals surface area contributed by atoms with Crippen LogP contribution < -0.4 is 15.6 Å². The highest BCUT2D eigenvalue weighted by atomic mass is 127. The molecule has 0 aliphatic rings. The molecule has 0 saturated carbocycles. The third-order valence-electron chi connectivity index (χ3n) is 6.37. The van der Waals surface area contributed by atoms with E-state index in [0.717, 1.165) is 20.1 Å². The number of nitrogens with zero attached hydrogens (tertiary/aromatic N) is 3. The number of benzene rings is 4. The third kappa shape index (κ3) is 5.75. The summed E-state index contributed by atoms with van der Waals surface area (Å²) in [6.45, 7) is 1.86. The second-order valence-electron chi connectivity index (χ2n) is 9.36. The maximum atomic E-state index is 13.5. The van der Waals surface area contributed by atoms with E-state index in [-0.39, 0.29) is 18.1 Å². The number of para-hydroxylation sites is 2. The topological polar surface area (TPSA) is 98.7 Å². The van der Waals surface area contributed by atoms with Gasteiger partial charge in [0.1, 0.15) is 11.3 Å². The molecular formula is C32H23IN4O4. The summed E-state index contributed by atoms with van der Waals surface area (Å²) >= 11 is 2.14. The van der Waals surface area contributed by atoms with Crippen molar-refractivity contribution in [3.63, 3.8) is 0 Å². The number of hydrogen-bond donors (Lipinski definition) is 1. The molecule has 0 aliphatic heterocycles. The number of carbonyl (C=O) groups excluding carboxylic acids is 1. The van der Waals surface area contributed by atoms with E-state index in [1.165, 1.54) is 4.68 Å². The van der Waals surface area contributed by atoms with E-state index in [1.54, 1.807) is 36.5 Å². The highest BCUT2D eigenvalue weighted by Gasteiger charge is 2.16. The number of fused-ring (bicyclic) bond motifs is 2. The van der Waals surface area contributed by atoms with Crippen molar-refractivity contribution in [3.8, 4) is 17.3 Å². The Morgan fingerprint density at radius 2 is 1.80 bits per heavy atom. The number of aromatic nitrogens is 2. The van der Waals surface area contributed by atoms with Crippen LogP contribution in [0.25, 0.3) is 33.5 Å². The number of carbonyl (C=O) groups is 1. The molecule has 6 aromatic rings. The summed E-state index contributed by atoms with van der Waals surface area (Å²) in [5.41, 5.74) is 3.51. The van der Waals surface area contributed by atoms with E-state index < -0.39 is 0 Å². The number of rotatable bonds is 7. The van der Waals surface area contributed by atoms with Crippen LogP contribution in [-0.2, 0) is 4.79 Å². The van der Waals surface area contributed by atoms with Crippen molar-refractivity contribution in [2.24, 2.45) is 5.10 Å². The molecule has 0 spiro atoms. The lowest BCUT2D eigenvalue weighted by Crippen LogP contribution is -2.20. The lowest BCUT2D eigenvalue weighted by atomic mass is 10.2. The van der Waals surface area contributed by atoms with Crippen LogP contribution in [-0.4, -0.2) is 28.4 Å². The molecular weight excluding hydrogens is 631 g/mol. The van der Waals surface area contributed by atoms with Crippen molar-refractivity contribution in [2.75, 3.05) is 11.9 Å². The van der Waals surface area contributed by atoms with E-state index in [1.807, 2.05) is 73.7 Å². The zero-order valence-electron chi connectivity index (χ0n) is 21.9. The minimum absolute atomic E-state index is 0.129. The fraction of sp³-hybridized carbons (Fsp3) is 0.0625. The van der Waals surface area contributed by atoms with E-state index >= 15 is 0 Å². The fourth-order valence-corrected chi connectivity index (χ4v) is 4.99. The average Bonchev–Trinajstić information content (AvgIpc) is 3.42. The number of nitrogens with one attached hydrogen (secondary N) is 1. The Labute approximate surface area is 248 Å². The SMILES string of the molecule is Cc1ccc(NC(=O)COc2ccc(C=Nn3c(-c4cc5ccccc5o4)nc4ccccc4c3=O)cc2I)cc1. The van der Waals surface area contributed by atoms with Crippen molar-refractivity contribution in [1.29, 1.82) is 0 Å². The standard InChI is InChI=1S/C32H23IN4O4/c1-20-10-13-23(14-11-20)35-30(38)19-40-28-15-12-21(16-25(28)33)18-34-37-31(29-17-22-6-2-5-9-27(22)41-29)36-26-8-4-3-7-24(26)32(37)39/h2-18H,19H2,1H3,(H,35,38). The van der Waals surface area contributed by atoms with Gasteiger partial charge in [0.15, 0.2) is 12.4 Å². The van der Waals surface area contributed by atoms with Gasteiger partial charge in [0.2, 0.25) is 5.82 Å². The first kappa shape index (κ1) is 26.5. The van der Waals surface area contributed by atoms with E-state index in [0.29, 0.717) is 39.5 Å². The maximum Gasteiger partial charge on any atom is 0.282 e. The highest BCUT2D eigenvalue weighted by Crippen LogP contribution is 2.27. The van der Waals surface area contributed by atoms with Gasteiger partial charge in [-0.15, -0.1) is 0 Å². The molecule has 41 heavy (non-hydrogen) atoms. The summed E-state index contributed by atoms with van der Waals surface area (Å²) in [4.78, 5) is 30.5. The Bertz CT molecular complexity index is 1960. The fourth-order valence-electron chi connectivity index (χ4n) is 4.30. The lowest BCUT2D eigenvalue weighted by molar-refractivity contribution is -0.118. The van der Waals surface area contributed by atoms with E-state index in [4.69, 9.17) is 14.1 Å². The second kappa shape index (κ2) is 11.4. The number of anilines is 1. The van der Waals surface area contributed by atoms with Crippen LogP contribution in [0, 0.1) is 10.5 Å². The summed E-state index contributed by atoms with van der Waals surface area (Å²) in [7, 11) is 0. The Kier molecular flexibility index (Phi) is 7.34. The molecule has 0 fully saturated rings. The van der Waals surface area contributed by atoms with Gasteiger partial charge < -0.3 is 14.5 Å². The summed E-state index contributed by atoms with van der Waals surface area (Å²) in [6, 6.07) is 29.6. The van der Waals surface area contributed by atoms with Gasteiger partial charge in [-0.2, -0.15) is 9.78 Å². The second-order valence-corrected chi connectivity index (χ2v) is 10.5. The molecule has 2 aromatic heterocycles. The summed E-state index contributed by atoms with van der Waals surface area (Å²) in [6.07, 6.45) is 1.58. The largest absolute Gasteiger partial charge is 0.483 e. The zero-order chi connectivity index (χ0) is 28.3. The van der Waals surface area contributed by atoms with Crippen LogP contribution in [0.4, 0.5) is 5.69 Å². The highest BCUT2D eigenvalue weighted by molar-refractivity contribution is 14.1. The van der Waals surface area contributed by atoms with Crippen LogP contribution in [0.15, 0.2) is 111 Å². The average molecular weight is 654 g/mol. The Morgan fingerprint density at radius 3 is 2.61 bits per heavy atom. The number of amides is 1. The molecule has 2 heterocycles. The van der Waals surface area contributed by atoms with Crippen LogP contribution >= 0.6 is 22.6 Å². The monoisotopic (exact) mass is 654 g/mol. The molecule has 0 bridgehead atoms. The van der Waals surface area contributed by atoms with Gasteiger partial charge in [-0.05, 0) is 89.7 Å². The third-order valence-corrected chi connectivity index (χ3v) is 7.22. The first-order chi connectivity index (χ1) is 19.9. The molecule has 202 valence electrons. The predicted molar refractivity (Wildman–Crippen MR) is 169 cm³/mol. The number of halogens is 1. The van der Waals surface area contributed by atoms with Gasteiger partial charge in [0.05, 0.1) is 20.7 Å². The number of aryl methyl sites for hydroxylation is 1. The van der Waals surface area contributed by atoms with Crippen molar-refractivity contribution in [3.05, 3.63) is 122 Å². The molecule has 0 saturated heterocycles. The number of hydrogen-bond acceptors (Lipinski definition) is 6. The summed E-state index contributed by atoms with van der Waals surface area (Å²) in [5, 5.41) is 8.69. The predicted octanol–water partition coefficient (Wildman–Crippen LogP) is 6.62. The summed E-state index contributed by atoms with van der Waals surface area (Å²) < 4.78 is 13.8. The van der Waals surface area contributed by atoms with E-state index in [2.05, 4.69) is 33.0 Å². The van der Waals surface area contributed by atoms with Gasteiger partial charge in [-0.1, -0.05) is 48.0 Å². The van der Waals surface area contributed by atoms with Crippen LogP contribution in [0.2, 0.25) is 0 Å². The zero-order valence-corrected chi connectivity index (χ0v) is 24.0. The molecule has 1 N–H and O–H groups in total. The van der Waals surface area contributed by atoms with Gasteiger partial charge in [0, 0.05) is 11.1 Å². The molecule has 1 amide bonds. The first-order valence-corrected chi connectivity index (χ1v) is 13.9. The molecule has 4 aromatic carbocycles. The van der Waals surface area contributed by atoms with Gasteiger partial charge in [0.25, 0.3) is 11.5 Å². The smallest absolute Gasteiger partial charge is 0.282 e. The molecule has 0 radical (unpaired) electrons. The van der Waals surface area contributed by atoms with Crippen molar-refractivity contribution >= 4 is 62.3 Å². The summed E-state index contributed by atoms with van der Waals surface area (Å²) in [5.74, 6) is 1.05. The normalized spacial score (nSPS) is 11.4. The van der Waals surface area contributed by atoms with Crippen molar-refractivity contribution in [2.45, 2.75) is 6.92 Å².